The van der Waals surface area contributed by atoms with Crippen molar-refractivity contribution in [1.82, 2.24) is 0 Å². The molecule has 0 aliphatic rings. The Labute approximate surface area is 148 Å². The summed E-state index contributed by atoms with van der Waals surface area (Å²) in [6.07, 6.45) is 13.2. The van der Waals surface area contributed by atoms with E-state index in [1.807, 2.05) is 0 Å². The van der Waals surface area contributed by atoms with Crippen molar-refractivity contribution in [2.45, 2.75) is 59.3 Å². The van der Waals surface area contributed by atoms with Crippen LogP contribution in [0, 0.1) is 0 Å². The molecule has 0 rings (SSSR count). The topological polar surface area (TPSA) is 44.6 Å². The van der Waals surface area contributed by atoms with Gasteiger partial charge in [-0.25, -0.2) is 0 Å². The van der Waals surface area contributed by atoms with Gasteiger partial charge in [0.2, 0.25) is 0 Å². The summed E-state index contributed by atoms with van der Waals surface area (Å²) in [7, 11) is 0.422. The Morgan fingerprint density at radius 1 is 0.750 bits per heavy atom. The first-order valence-corrected chi connectivity index (χ1v) is 9.64. The fourth-order valence-corrected chi connectivity index (χ4v) is 4.44. The van der Waals surface area contributed by atoms with Gasteiger partial charge >= 0.3 is 17.1 Å². The number of thiocarbonyl (C=S) groups is 2. The molecule has 0 aromatic carbocycles. The number of hydrogen-bond acceptors (Lipinski definition) is 2. The van der Waals surface area contributed by atoms with Gasteiger partial charge in [-0.1, -0.05) is 64.5 Å². The minimum atomic E-state index is 0. The second kappa shape index (κ2) is 31.8. The third-order valence-corrected chi connectivity index (χ3v) is 5.33. The van der Waals surface area contributed by atoms with Crippen molar-refractivity contribution in [3.63, 3.8) is 0 Å². The smallest absolute Gasteiger partial charge is 0.753 e. The van der Waals surface area contributed by atoms with E-state index >= 15 is 0 Å². The molecular weight excluding hydrogens is 346 g/mol. The Hall–Kier alpha value is 0.549. The fraction of sp³-hybridized carbons (Fsp3) is 0.857. The molecule has 0 aliphatic heterocycles. The molecule has 0 heterocycles. The molecule has 0 N–H and O–H groups in total. The van der Waals surface area contributed by atoms with Crippen LogP contribution in [-0.4, -0.2) is 28.8 Å². The van der Waals surface area contributed by atoms with E-state index in [0.29, 0.717) is 7.92 Å². The molecule has 0 saturated carbocycles. The van der Waals surface area contributed by atoms with E-state index in [-0.39, 0.29) is 17.1 Å². The van der Waals surface area contributed by atoms with E-state index < -0.39 is 0 Å². The first-order valence-electron chi connectivity index (χ1n) is 6.93. The van der Waals surface area contributed by atoms with Gasteiger partial charge in [0.1, 0.15) is 0 Å². The molecule has 0 bridgehead atoms. The normalized spacial score (nSPS) is 8.00. The van der Waals surface area contributed by atoms with Crippen LogP contribution in [0.5, 0.6) is 0 Å². The third-order valence-electron chi connectivity index (χ3n) is 2.48. The Balaban J connectivity index is -0.000000156. The van der Waals surface area contributed by atoms with Crippen LogP contribution in [0.1, 0.15) is 59.3 Å². The van der Waals surface area contributed by atoms with E-state index in [4.69, 9.17) is 10.8 Å². The fourth-order valence-electron chi connectivity index (χ4n) is 1.48. The van der Waals surface area contributed by atoms with Gasteiger partial charge in [-0.15, -0.1) is 7.92 Å². The summed E-state index contributed by atoms with van der Waals surface area (Å²) in [6.45, 7) is 6.94. The Morgan fingerprint density at radius 2 is 0.950 bits per heavy atom. The summed E-state index contributed by atoms with van der Waals surface area (Å²) >= 11 is 7.40. The Kier molecular flexibility index (Phi) is 45.6. The van der Waals surface area contributed by atoms with Gasteiger partial charge < -0.3 is 10.8 Å². The van der Waals surface area contributed by atoms with Crippen LogP contribution in [0.15, 0.2) is 0 Å². The molecule has 0 amide bonds. The zero-order chi connectivity index (χ0) is 15.4. The molecule has 1 radical (unpaired) electrons. The van der Waals surface area contributed by atoms with Crippen LogP contribution in [0.2, 0.25) is 0 Å². The zero-order valence-corrected chi connectivity index (χ0v) is 16.6. The second-order valence-corrected chi connectivity index (χ2v) is 7.13. The standard InChI is InChI=1S/C12H27P.2CNS.Mn/c1-4-7-10-13(11-8-5-2)12-9-6-3;2*2-1-3;/h4-12H2,1-3H3;;;/q;2*-1;+2. The molecule has 0 saturated heterocycles. The van der Waals surface area contributed by atoms with Crippen LogP contribution >= 0.6 is 32.4 Å². The summed E-state index contributed by atoms with van der Waals surface area (Å²) < 4.78 is 0. The van der Waals surface area contributed by atoms with Gasteiger partial charge in [0.05, 0.1) is 0 Å². The number of nitrogens with zero attached hydrogens (tertiary/aromatic N) is 2. The van der Waals surface area contributed by atoms with Crippen molar-refractivity contribution in [1.29, 1.82) is 0 Å². The van der Waals surface area contributed by atoms with Crippen LogP contribution in [0.25, 0.3) is 10.8 Å². The van der Waals surface area contributed by atoms with Gasteiger partial charge in [0.25, 0.3) is 0 Å². The summed E-state index contributed by atoms with van der Waals surface area (Å²) in [4.78, 5) is 0. The zero-order valence-electron chi connectivity index (χ0n) is 12.9. The van der Waals surface area contributed by atoms with Gasteiger partial charge in [0, 0.05) is 0 Å². The molecule has 0 fully saturated rings. The molecule has 0 atom stereocenters. The number of unbranched alkanes of at least 4 members (excludes halogenated alkanes) is 3. The maximum atomic E-state index is 7.13. The monoisotopic (exact) mass is 373 g/mol. The molecule has 2 nitrogen and oxygen atoms in total. The van der Waals surface area contributed by atoms with E-state index in [9.17, 15) is 0 Å². The third kappa shape index (κ3) is 36.3. The second-order valence-electron chi connectivity index (χ2n) is 4.08. The molecule has 20 heavy (non-hydrogen) atoms. The van der Waals surface area contributed by atoms with Gasteiger partial charge in [-0.3, -0.25) is 0 Å². The van der Waals surface area contributed by atoms with Gasteiger partial charge in [-0.2, -0.15) is 10.3 Å². The molecule has 117 valence electrons. The van der Waals surface area contributed by atoms with Gasteiger partial charge in [-0.05, 0) is 37.7 Å². The van der Waals surface area contributed by atoms with Crippen molar-refractivity contribution in [3.05, 3.63) is 10.8 Å². The summed E-state index contributed by atoms with van der Waals surface area (Å²) in [5.74, 6) is 0. The number of hydrogen-bond donors (Lipinski definition) is 0. The minimum absolute atomic E-state index is 0. The summed E-state index contributed by atoms with van der Waals surface area (Å²) in [6, 6.07) is 0. The van der Waals surface area contributed by atoms with E-state index in [1.54, 1.807) is 18.5 Å². The van der Waals surface area contributed by atoms with E-state index in [0.717, 1.165) is 0 Å². The number of rotatable bonds is 9. The molecule has 0 aromatic rings. The van der Waals surface area contributed by atoms with Crippen LogP contribution in [0.3, 0.4) is 0 Å². The Bertz CT molecular complexity index is 198. The van der Waals surface area contributed by atoms with E-state index in [2.05, 4.69) is 45.2 Å². The first-order chi connectivity index (χ1) is 9.17. The predicted molar refractivity (Wildman–Crippen MR) is 98.2 cm³/mol. The van der Waals surface area contributed by atoms with Crippen molar-refractivity contribution in [2.75, 3.05) is 18.5 Å². The molecule has 0 spiro atoms. The first kappa shape index (κ1) is 28.7. The number of isothiocyanates is 2. The average molecular weight is 373 g/mol. The van der Waals surface area contributed by atoms with Crippen LogP contribution in [-0.2, 0) is 17.1 Å². The maximum absolute atomic E-state index is 7.13. The van der Waals surface area contributed by atoms with Crippen molar-refractivity contribution in [3.8, 4) is 0 Å². The molecule has 0 unspecified atom stereocenters. The van der Waals surface area contributed by atoms with Crippen molar-refractivity contribution >= 4 is 42.7 Å². The molecule has 0 aromatic heterocycles. The van der Waals surface area contributed by atoms with E-state index in [1.165, 1.54) is 48.8 Å². The summed E-state index contributed by atoms with van der Waals surface area (Å²) in [5.41, 5.74) is 0. The maximum Gasteiger partial charge on any atom is 2.00 e. The average Bonchev–Trinajstić information content (AvgIpc) is 2.40. The summed E-state index contributed by atoms with van der Waals surface area (Å²) in [5, 5.41) is 16.9. The van der Waals surface area contributed by atoms with Gasteiger partial charge in [0.15, 0.2) is 0 Å². The van der Waals surface area contributed by atoms with Crippen molar-refractivity contribution < 1.29 is 17.1 Å². The predicted octanol–water partition coefficient (Wildman–Crippen LogP) is 6.18. The van der Waals surface area contributed by atoms with Crippen LogP contribution in [0.4, 0.5) is 0 Å². The molecule has 0 aliphatic carbocycles. The quantitative estimate of drug-likeness (QED) is 0.209. The SMILES string of the molecule is CCCCP(CCCC)CCCC.[Mn+2].[N-]=C=S.[N-]=C=S. The minimum Gasteiger partial charge on any atom is -0.753 e. The largest absolute Gasteiger partial charge is 2.00 e. The van der Waals surface area contributed by atoms with Crippen molar-refractivity contribution in [2.24, 2.45) is 0 Å². The molecule has 6 heteroatoms. The Morgan fingerprint density at radius 3 is 1.10 bits per heavy atom. The van der Waals surface area contributed by atoms with Crippen LogP contribution < -0.4 is 0 Å². The molecular formula is C14H27MnN2PS2.